The minimum absolute atomic E-state index is 0. The molecule has 0 saturated heterocycles. The molecule has 0 aliphatic carbocycles. The molecule has 0 saturated carbocycles. The SMILES string of the molecule is O.O=P([O-])([O-])OP(=O)([O-])[O-].[Cu].[Cu]. The fraction of sp³-hybridized carbons (Fsp3) is 0. The quantitative estimate of drug-likeness (QED) is 0.367. The number of hydrogen-bond acceptors (Lipinski definition) is 7. The summed E-state index contributed by atoms with van der Waals surface area (Å²) >= 11 is 0. The van der Waals surface area contributed by atoms with E-state index >= 15 is 0 Å². The van der Waals surface area contributed by atoms with Crippen molar-refractivity contribution in [3.63, 3.8) is 0 Å². The molecule has 86 valence electrons. The minimum Gasteiger partial charge on any atom is -0.790 e. The van der Waals surface area contributed by atoms with E-state index in [0.717, 1.165) is 0 Å². The summed E-state index contributed by atoms with van der Waals surface area (Å²) in [4.78, 5) is 37.3. The van der Waals surface area contributed by atoms with Crippen LogP contribution in [-0.2, 0) is 47.6 Å². The Labute approximate surface area is 88.4 Å². The molecule has 12 heavy (non-hydrogen) atoms. The van der Waals surface area contributed by atoms with Gasteiger partial charge in [-0.1, -0.05) is 0 Å². The Morgan fingerprint density at radius 2 is 1.00 bits per heavy atom. The van der Waals surface area contributed by atoms with Gasteiger partial charge in [0.05, 0.1) is 15.6 Å². The molecule has 0 aromatic heterocycles. The minimum atomic E-state index is -5.68. The normalized spacial score (nSPS) is 10.3. The fourth-order valence-corrected chi connectivity index (χ4v) is 1.10. The van der Waals surface area contributed by atoms with E-state index in [2.05, 4.69) is 4.31 Å². The maximum atomic E-state index is 9.32. The molecule has 0 aliphatic heterocycles. The Morgan fingerprint density at radius 1 is 0.833 bits per heavy atom. The van der Waals surface area contributed by atoms with Crippen molar-refractivity contribution in [2.24, 2.45) is 0 Å². The zero-order valence-corrected chi connectivity index (χ0v) is 8.53. The van der Waals surface area contributed by atoms with E-state index in [-0.39, 0.29) is 39.6 Å². The van der Waals surface area contributed by atoms with Gasteiger partial charge in [0.15, 0.2) is 0 Å². The Hall–Kier alpha value is 1.26. The van der Waals surface area contributed by atoms with Gasteiger partial charge in [-0.3, -0.25) is 0 Å². The van der Waals surface area contributed by atoms with E-state index in [1.54, 1.807) is 0 Å². The molecule has 2 N–H and O–H groups in total. The van der Waals surface area contributed by atoms with E-state index in [1.165, 1.54) is 0 Å². The third-order valence-corrected chi connectivity index (χ3v) is 1.80. The van der Waals surface area contributed by atoms with Crippen LogP contribution in [-0.4, -0.2) is 5.48 Å². The monoisotopic (exact) mass is 318 g/mol. The van der Waals surface area contributed by atoms with Crippen molar-refractivity contribution in [3.05, 3.63) is 0 Å². The molecular formula is H2Cu2O8P2-4. The number of hydrogen-bond donors (Lipinski definition) is 0. The zero-order chi connectivity index (χ0) is 7.71. The van der Waals surface area contributed by atoms with Crippen LogP contribution in [0, 0.1) is 0 Å². The van der Waals surface area contributed by atoms with Gasteiger partial charge < -0.3 is 38.5 Å². The van der Waals surface area contributed by atoms with Crippen molar-refractivity contribution < 1.29 is 72.6 Å². The van der Waals surface area contributed by atoms with Crippen molar-refractivity contribution in [2.75, 3.05) is 0 Å². The summed E-state index contributed by atoms with van der Waals surface area (Å²) in [6, 6.07) is 0. The van der Waals surface area contributed by atoms with Crippen molar-refractivity contribution >= 4 is 15.6 Å². The van der Waals surface area contributed by atoms with Gasteiger partial charge in [0.2, 0.25) is 0 Å². The molecule has 0 bridgehead atoms. The van der Waals surface area contributed by atoms with Crippen LogP contribution in [0.1, 0.15) is 0 Å². The molecule has 0 spiro atoms. The van der Waals surface area contributed by atoms with Gasteiger partial charge >= 0.3 is 0 Å². The van der Waals surface area contributed by atoms with Crippen LogP contribution >= 0.6 is 15.6 Å². The van der Waals surface area contributed by atoms with E-state index < -0.39 is 15.6 Å². The molecule has 0 unspecified atom stereocenters. The summed E-state index contributed by atoms with van der Waals surface area (Å²) in [6.45, 7) is 0. The van der Waals surface area contributed by atoms with Gasteiger partial charge in [0.25, 0.3) is 0 Å². The summed E-state index contributed by atoms with van der Waals surface area (Å²) < 4.78 is 21.2. The Balaban J connectivity index is -0.000000107. The Morgan fingerprint density at radius 3 is 1.00 bits per heavy atom. The summed E-state index contributed by atoms with van der Waals surface area (Å²) in [5, 5.41) is 0. The first kappa shape index (κ1) is 23.2. The molecule has 0 fully saturated rings. The molecule has 0 aromatic rings. The van der Waals surface area contributed by atoms with E-state index in [9.17, 15) is 28.7 Å². The second-order valence-corrected chi connectivity index (χ2v) is 3.42. The van der Waals surface area contributed by atoms with Crippen LogP contribution in [0.4, 0.5) is 0 Å². The van der Waals surface area contributed by atoms with E-state index in [4.69, 9.17) is 0 Å². The van der Waals surface area contributed by atoms with E-state index in [0.29, 0.717) is 0 Å². The van der Waals surface area contributed by atoms with Crippen molar-refractivity contribution in [1.29, 1.82) is 0 Å². The average molecular weight is 319 g/mol. The fourth-order valence-electron chi connectivity index (χ4n) is 0.122. The molecule has 12 heteroatoms. The van der Waals surface area contributed by atoms with Crippen molar-refractivity contribution in [3.8, 4) is 0 Å². The molecular weight excluding hydrogens is 317 g/mol. The molecule has 0 amide bonds. The summed E-state index contributed by atoms with van der Waals surface area (Å²) in [5.41, 5.74) is 0. The third-order valence-electron chi connectivity index (χ3n) is 0.200. The van der Waals surface area contributed by atoms with E-state index in [1.807, 2.05) is 0 Å². The smallest absolute Gasteiger partial charge is 0.0655 e. The van der Waals surface area contributed by atoms with Crippen LogP contribution in [0.25, 0.3) is 0 Å². The standard InChI is InChI=1S/2Cu.H4O7P2.H2O/c;;1-8(2,3)7-9(4,5)6;/h;;(H2,1,2,3)(H2,4,5,6);1H2/p-4. The molecule has 2 radical (unpaired) electrons. The van der Waals surface area contributed by atoms with Gasteiger partial charge in [-0.05, 0) is 0 Å². The largest absolute Gasteiger partial charge is 0.790 e. The van der Waals surface area contributed by atoms with Gasteiger partial charge in [-0.15, -0.1) is 0 Å². The maximum Gasteiger partial charge on any atom is 0.0655 e. The zero-order valence-electron chi connectivity index (χ0n) is 4.86. The topological polar surface area (TPSA) is 167 Å². The Bertz CT molecular complexity index is 155. The van der Waals surface area contributed by atoms with Crippen LogP contribution in [0.5, 0.6) is 0 Å². The molecule has 0 aromatic carbocycles. The predicted octanol–water partition coefficient (Wildman–Crippen LogP) is -4.17. The molecule has 0 heterocycles. The molecule has 0 aliphatic rings. The van der Waals surface area contributed by atoms with Gasteiger partial charge in [-0.25, -0.2) is 0 Å². The van der Waals surface area contributed by atoms with Crippen LogP contribution < -0.4 is 19.6 Å². The second kappa shape index (κ2) is 7.64. The van der Waals surface area contributed by atoms with Crippen LogP contribution in [0.15, 0.2) is 0 Å². The number of rotatable bonds is 2. The molecule has 0 atom stereocenters. The third kappa shape index (κ3) is 22.5. The van der Waals surface area contributed by atoms with Crippen LogP contribution in [0.2, 0.25) is 0 Å². The maximum absolute atomic E-state index is 9.32. The Kier molecular flexibility index (Phi) is 14.8. The van der Waals surface area contributed by atoms with Crippen molar-refractivity contribution in [2.45, 2.75) is 0 Å². The predicted molar refractivity (Wildman–Crippen MR) is 19.9 cm³/mol. The average Bonchev–Trinajstić information content (AvgIpc) is 1.14. The van der Waals surface area contributed by atoms with Crippen LogP contribution in [0.3, 0.4) is 0 Å². The summed E-state index contributed by atoms with van der Waals surface area (Å²) in [5.74, 6) is 0. The van der Waals surface area contributed by atoms with Crippen molar-refractivity contribution in [1.82, 2.24) is 0 Å². The van der Waals surface area contributed by atoms with Gasteiger partial charge in [0, 0.05) is 34.1 Å². The summed E-state index contributed by atoms with van der Waals surface area (Å²) in [6.07, 6.45) is 0. The first-order valence-electron chi connectivity index (χ1n) is 1.46. The first-order chi connectivity index (χ1) is 3.71. The molecule has 8 nitrogen and oxygen atoms in total. The van der Waals surface area contributed by atoms with Gasteiger partial charge in [0.1, 0.15) is 0 Å². The summed E-state index contributed by atoms with van der Waals surface area (Å²) in [7, 11) is -11.4. The first-order valence-corrected chi connectivity index (χ1v) is 4.38. The van der Waals surface area contributed by atoms with Gasteiger partial charge in [-0.2, -0.15) is 0 Å². The second-order valence-electron chi connectivity index (χ2n) is 0.976. The molecule has 0 rings (SSSR count). The number of phosphoric acid groups is 2.